The van der Waals surface area contributed by atoms with Crippen LogP contribution in [0.3, 0.4) is 0 Å². The van der Waals surface area contributed by atoms with E-state index in [-0.39, 0.29) is 11.6 Å². The molecule has 4 nitrogen and oxygen atoms in total. The van der Waals surface area contributed by atoms with Crippen molar-refractivity contribution in [3.63, 3.8) is 0 Å². The molecule has 4 heteroatoms. The highest BCUT2D eigenvalue weighted by molar-refractivity contribution is 6.10. The lowest BCUT2D eigenvalue weighted by atomic mass is 9.85. The van der Waals surface area contributed by atoms with E-state index < -0.39 is 5.54 Å². The van der Waals surface area contributed by atoms with Crippen LogP contribution in [0.25, 0.3) is 0 Å². The number of ketones is 2. The molecule has 0 saturated heterocycles. The first kappa shape index (κ1) is 44.3. The van der Waals surface area contributed by atoms with E-state index in [0.29, 0.717) is 25.8 Å². The third kappa shape index (κ3) is 25.0. The van der Waals surface area contributed by atoms with Crippen LogP contribution in [0.2, 0.25) is 0 Å². The normalized spacial score (nSPS) is 12.0. The number of carbonyl (C=O) groups excluding carboxylic acids is 2. The lowest BCUT2D eigenvalue weighted by Gasteiger charge is -2.34. The van der Waals surface area contributed by atoms with Crippen molar-refractivity contribution >= 4 is 11.6 Å². The van der Waals surface area contributed by atoms with Gasteiger partial charge in [-0.2, -0.15) is 5.06 Å². The summed E-state index contributed by atoms with van der Waals surface area (Å²) in [4.78, 5) is 26.6. The molecule has 0 aromatic carbocycles. The van der Waals surface area contributed by atoms with E-state index in [0.717, 1.165) is 43.6 Å². The van der Waals surface area contributed by atoms with Crippen LogP contribution >= 0.6 is 0 Å². The largest absolute Gasteiger partial charge is 0.313 e. The Bertz CT molecular complexity index is 603. The quantitative estimate of drug-likeness (QED) is 0.0419. The molecular formula is C41H81NO3. The summed E-state index contributed by atoms with van der Waals surface area (Å²) in [7, 11) is 0. The number of rotatable bonds is 37. The van der Waals surface area contributed by atoms with Crippen molar-refractivity contribution in [3.05, 3.63) is 0 Å². The van der Waals surface area contributed by atoms with Gasteiger partial charge < -0.3 is 5.21 Å². The van der Waals surface area contributed by atoms with Gasteiger partial charge in [-0.25, -0.2) is 0 Å². The van der Waals surface area contributed by atoms with Gasteiger partial charge in [0, 0.05) is 19.4 Å². The zero-order chi connectivity index (χ0) is 33.3. The van der Waals surface area contributed by atoms with Crippen LogP contribution in [0.15, 0.2) is 0 Å². The summed E-state index contributed by atoms with van der Waals surface area (Å²) in [6.07, 6.45) is 40.2. The van der Waals surface area contributed by atoms with Gasteiger partial charge in [-0.1, -0.05) is 201 Å². The fraction of sp³-hybridized carbons (Fsp3) is 0.951. The highest BCUT2D eigenvalue weighted by Crippen LogP contribution is 2.24. The fourth-order valence-electron chi connectivity index (χ4n) is 6.68. The molecular weight excluding hydrogens is 554 g/mol. The smallest absolute Gasteiger partial charge is 0.162 e. The van der Waals surface area contributed by atoms with Crippen molar-refractivity contribution in [1.29, 1.82) is 0 Å². The molecule has 1 N–H and O–H groups in total. The van der Waals surface area contributed by atoms with E-state index >= 15 is 0 Å². The average Bonchev–Trinajstić information content (AvgIpc) is 3.04. The van der Waals surface area contributed by atoms with Crippen molar-refractivity contribution in [2.75, 3.05) is 6.54 Å². The van der Waals surface area contributed by atoms with Crippen LogP contribution in [0, 0.1) is 0 Å². The van der Waals surface area contributed by atoms with Gasteiger partial charge in [0.1, 0.15) is 0 Å². The summed E-state index contributed by atoms with van der Waals surface area (Å²) < 4.78 is 0. The first-order chi connectivity index (χ1) is 21.9. The van der Waals surface area contributed by atoms with Gasteiger partial charge in [-0.05, 0) is 26.2 Å². The van der Waals surface area contributed by atoms with Gasteiger partial charge in [0.2, 0.25) is 0 Å². The summed E-state index contributed by atoms with van der Waals surface area (Å²) in [5.74, 6) is -0.196. The van der Waals surface area contributed by atoms with Gasteiger partial charge in [-0.15, -0.1) is 0 Å². The molecule has 0 radical (unpaired) electrons. The Balaban J connectivity index is 4.01. The number of hydrogen-bond acceptors (Lipinski definition) is 4. The molecule has 0 atom stereocenters. The molecule has 0 fully saturated rings. The third-order valence-corrected chi connectivity index (χ3v) is 10.1. The lowest BCUT2D eigenvalue weighted by Crippen LogP contribution is -2.57. The third-order valence-electron chi connectivity index (χ3n) is 10.1. The Hall–Kier alpha value is -0.740. The Kier molecular flexibility index (Phi) is 32.6. The number of hydrogen-bond donors (Lipinski definition) is 1. The maximum atomic E-state index is 13.3. The van der Waals surface area contributed by atoms with Crippen LogP contribution in [-0.4, -0.2) is 33.9 Å². The number of nitrogens with zero attached hydrogens (tertiary/aromatic N) is 1. The van der Waals surface area contributed by atoms with E-state index in [1.807, 2.05) is 6.92 Å². The molecule has 0 aliphatic rings. The molecule has 0 bridgehead atoms. The van der Waals surface area contributed by atoms with E-state index in [4.69, 9.17) is 0 Å². The van der Waals surface area contributed by atoms with Crippen molar-refractivity contribution < 1.29 is 14.8 Å². The minimum Gasteiger partial charge on any atom is -0.313 e. The summed E-state index contributed by atoms with van der Waals surface area (Å²) >= 11 is 0. The van der Waals surface area contributed by atoms with Gasteiger partial charge in [0.15, 0.2) is 17.1 Å². The van der Waals surface area contributed by atoms with Gasteiger partial charge in [-0.3, -0.25) is 9.59 Å². The Morgan fingerprint density at radius 3 is 0.844 bits per heavy atom. The van der Waals surface area contributed by atoms with E-state index in [1.165, 1.54) is 154 Å². The van der Waals surface area contributed by atoms with Crippen molar-refractivity contribution in [3.8, 4) is 0 Å². The summed E-state index contributed by atoms with van der Waals surface area (Å²) in [6, 6.07) is 0. The minimum absolute atomic E-state index is 0.0981. The molecule has 0 aliphatic heterocycles. The van der Waals surface area contributed by atoms with Crippen LogP contribution in [0.5, 0.6) is 0 Å². The van der Waals surface area contributed by atoms with Crippen LogP contribution in [-0.2, 0) is 9.59 Å². The first-order valence-corrected chi connectivity index (χ1v) is 20.5. The SMILES string of the molecule is CCCCCCCCCCCCCCCCCC(=O)C(C)(C(=O)CCCCCCCCCCCCCCCCC)N(O)CCC. The van der Waals surface area contributed by atoms with E-state index in [2.05, 4.69) is 13.8 Å². The number of Topliss-reactive ketones (excluding diaryl/α,β-unsaturated/α-hetero) is 2. The molecule has 0 unspecified atom stereocenters. The predicted octanol–water partition coefficient (Wildman–Crippen LogP) is 13.5. The van der Waals surface area contributed by atoms with Gasteiger partial charge in [0.05, 0.1) is 0 Å². The predicted molar refractivity (Wildman–Crippen MR) is 196 cm³/mol. The molecule has 0 aliphatic carbocycles. The number of carbonyl (C=O) groups is 2. The van der Waals surface area contributed by atoms with E-state index in [1.54, 1.807) is 6.92 Å². The van der Waals surface area contributed by atoms with Crippen molar-refractivity contribution in [2.45, 2.75) is 245 Å². The molecule has 0 saturated carbocycles. The zero-order valence-corrected chi connectivity index (χ0v) is 31.3. The standard InChI is InChI=1S/C41H81NO3/c1-5-8-10-12-14-16-18-20-22-24-26-28-30-32-34-36-39(43)41(4,42(45)38-7-3)40(44)37-35-33-31-29-27-25-23-21-19-17-15-13-11-9-6-2/h45H,5-38H2,1-4H3. The molecule has 0 heterocycles. The van der Waals surface area contributed by atoms with Crippen LogP contribution in [0.1, 0.15) is 240 Å². The summed E-state index contributed by atoms with van der Waals surface area (Å²) in [6.45, 7) is 8.55. The fourth-order valence-corrected chi connectivity index (χ4v) is 6.68. The Morgan fingerprint density at radius 2 is 0.622 bits per heavy atom. The van der Waals surface area contributed by atoms with Gasteiger partial charge >= 0.3 is 0 Å². The monoisotopic (exact) mass is 636 g/mol. The molecule has 268 valence electrons. The highest BCUT2D eigenvalue weighted by Gasteiger charge is 2.44. The van der Waals surface area contributed by atoms with E-state index in [9.17, 15) is 14.8 Å². The lowest BCUT2D eigenvalue weighted by molar-refractivity contribution is -0.184. The first-order valence-electron chi connectivity index (χ1n) is 20.5. The summed E-state index contributed by atoms with van der Waals surface area (Å²) in [5.41, 5.74) is -1.39. The van der Waals surface area contributed by atoms with Crippen LogP contribution < -0.4 is 0 Å². The minimum atomic E-state index is -1.39. The van der Waals surface area contributed by atoms with Crippen LogP contribution in [0.4, 0.5) is 0 Å². The molecule has 0 amide bonds. The molecule has 0 spiro atoms. The van der Waals surface area contributed by atoms with Crippen molar-refractivity contribution in [1.82, 2.24) is 5.06 Å². The molecule has 0 rings (SSSR count). The number of hydroxylamine groups is 2. The highest BCUT2D eigenvalue weighted by atomic mass is 16.5. The average molecular weight is 636 g/mol. The topological polar surface area (TPSA) is 57.6 Å². The second kappa shape index (κ2) is 33.2. The summed E-state index contributed by atoms with van der Waals surface area (Å²) in [5, 5.41) is 11.8. The second-order valence-electron chi connectivity index (χ2n) is 14.4. The van der Waals surface area contributed by atoms with Crippen molar-refractivity contribution in [2.24, 2.45) is 0 Å². The van der Waals surface area contributed by atoms with Gasteiger partial charge in [0.25, 0.3) is 0 Å². The Labute approximate surface area is 282 Å². The maximum Gasteiger partial charge on any atom is 0.162 e. The molecule has 45 heavy (non-hydrogen) atoms. The maximum absolute atomic E-state index is 13.3. The second-order valence-corrected chi connectivity index (χ2v) is 14.4. The number of unbranched alkanes of at least 4 members (excludes halogenated alkanes) is 28. The Morgan fingerprint density at radius 1 is 0.400 bits per heavy atom. The molecule has 0 aromatic heterocycles. The molecule has 0 aromatic rings. The zero-order valence-electron chi connectivity index (χ0n) is 31.3.